The van der Waals surface area contributed by atoms with Crippen LogP contribution in [0.4, 0.5) is 13.2 Å². The van der Waals surface area contributed by atoms with Crippen molar-refractivity contribution < 1.29 is 55.7 Å². The minimum Gasteiger partial charge on any atom is -0.479 e. The van der Waals surface area contributed by atoms with E-state index in [9.17, 15) is 45.9 Å². The number of nitrogens with one attached hydrogen (secondary N) is 1. The minimum atomic E-state index is -5.19. The topological polar surface area (TPSA) is 164 Å². The Labute approximate surface area is 274 Å². The Morgan fingerprint density at radius 3 is 2.02 bits per heavy atom. The monoisotopic (exact) mass is 687 g/mol. The van der Waals surface area contributed by atoms with Gasteiger partial charge >= 0.3 is 12.3 Å². The summed E-state index contributed by atoms with van der Waals surface area (Å²) in [6.07, 6.45) is 0.0241. The summed E-state index contributed by atoms with van der Waals surface area (Å²) in [5.41, 5.74) is 1.10. The van der Waals surface area contributed by atoms with Crippen molar-refractivity contribution in [2.24, 2.45) is 0 Å². The Hall–Kier alpha value is -4.82. The number of sulfone groups is 1. The van der Waals surface area contributed by atoms with E-state index in [4.69, 9.17) is 5.11 Å². The van der Waals surface area contributed by atoms with E-state index < -0.39 is 62.9 Å². The van der Waals surface area contributed by atoms with E-state index in [0.717, 1.165) is 55.9 Å². The lowest BCUT2D eigenvalue weighted by molar-refractivity contribution is -0.275. The zero-order valence-corrected chi connectivity index (χ0v) is 26.4. The highest BCUT2D eigenvalue weighted by Gasteiger charge is 2.34. The lowest BCUT2D eigenvalue weighted by Crippen LogP contribution is -2.36. The standard InChI is InChI=1S/C34H32F3NO9S/c1-48(45,46)30-17-25(15-16-29(30)47-34(35,36)37)27(39)18-26(22-9-7-21(8-10-22)20-5-3-2-4-6-20)31(41)23-11-13-24(14-12-23)32(42)38-19-28(40)33(43)44/h7-18,20,28,40H,2-6,19H2,1H3,(H,38,42)(H,43,44)/t28-/m1/s1. The van der Waals surface area contributed by atoms with Crippen LogP contribution in [0.15, 0.2) is 77.7 Å². The molecule has 1 amide bonds. The molecule has 3 aromatic carbocycles. The molecule has 0 aromatic heterocycles. The molecule has 0 radical (unpaired) electrons. The van der Waals surface area contributed by atoms with Crippen LogP contribution in [0, 0.1) is 0 Å². The number of benzene rings is 3. The van der Waals surface area contributed by atoms with Crippen LogP contribution in [-0.2, 0) is 14.6 Å². The van der Waals surface area contributed by atoms with Crippen molar-refractivity contribution in [1.29, 1.82) is 0 Å². The van der Waals surface area contributed by atoms with Crippen molar-refractivity contribution >= 4 is 38.9 Å². The molecule has 14 heteroatoms. The van der Waals surface area contributed by atoms with Crippen molar-refractivity contribution in [3.05, 3.63) is 101 Å². The summed E-state index contributed by atoms with van der Waals surface area (Å²) in [4.78, 5) is 49.7. The smallest absolute Gasteiger partial charge is 0.479 e. The number of ether oxygens (including phenoxy) is 1. The molecule has 1 fully saturated rings. The SMILES string of the molecule is CS(=O)(=O)c1cc(C(=O)C=C(C(=O)c2ccc(C(=O)NC[C@@H](O)C(=O)O)cc2)c2ccc(C3CCCCC3)cc2)ccc1OC(F)(F)F. The van der Waals surface area contributed by atoms with Gasteiger partial charge in [-0.15, -0.1) is 13.2 Å². The number of amides is 1. The number of halogens is 3. The van der Waals surface area contributed by atoms with Crippen LogP contribution in [0.2, 0.25) is 0 Å². The molecule has 0 saturated heterocycles. The van der Waals surface area contributed by atoms with Gasteiger partial charge in [0.25, 0.3) is 5.91 Å². The first-order chi connectivity index (χ1) is 22.5. The van der Waals surface area contributed by atoms with Gasteiger partial charge in [-0.05, 0) is 66.3 Å². The Bertz CT molecular complexity index is 1830. The van der Waals surface area contributed by atoms with Gasteiger partial charge in [0, 0.05) is 28.5 Å². The van der Waals surface area contributed by atoms with Crippen LogP contribution >= 0.6 is 0 Å². The van der Waals surface area contributed by atoms with Crippen molar-refractivity contribution in [2.45, 2.75) is 55.4 Å². The molecule has 3 N–H and O–H groups in total. The molecule has 1 aliphatic rings. The Kier molecular flexibility index (Phi) is 11.2. The molecular formula is C34H32F3NO9S. The summed E-state index contributed by atoms with van der Waals surface area (Å²) in [5, 5.41) is 20.4. The molecule has 0 spiro atoms. The van der Waals surface area contributed by atoms with E-state index in [-0.39, 0.29) is 22.3 Å². The molecule has 1 saturated carbocycles. The van der Waals surface area contributed by atoms with Crippen LogP contribution in [0.1, 0.15) is 80.2 Å². The maximum atomic E-state index is 13.8. The molecular weight excluding hydrogens is 655 g/mol. The van der Waals surface area contributed by atoms with Crippen molar-refractivity contribution in [1.82, 2.24) is 5.32 Å². The van der Waals surface area contributed by atoms with Gasteiger partial charge in [0.05, 0.1) is 6.54 Å². The lowest BCUT2D eigenvalue weighted by Gasteiger charge is -2.22. The average molecular weight is 688 g/mol. The van der Waals surface area contributed by atoms with E-state index in [1.807, 2.05) is 12.1 Å². The summed E-state index contributed by atoms with van der Waals surface area (Å²) in [6.45, 7) is -0.551. The molecule has 3 aromatic rings. The van der Waals surface area contributed by atoms with Crippen molar-refractivity contribution in [2.75, 3.05) is 12.8 Å². The number of Topliss-reactive ketones (excluding diaryl/α,β-unsaturated/α-hetero) is 1. The Morgan fingerprint density at radius 2 is 1.46 bits per heavy atom. The van der Waals surface area contributed by atoms with Gasteiger partial charge in [-0.3, -0.25) is 14.4 Å². The summed E-state index contributed by atoms with van der Waals surface area (Å²) in [6, 6.07) is 14.7. The number of rotatable bonds is 12. The minimum absolute atomic E-state index is 0.0528. The van der Waals surface area contributed by atoms with Crippen LogP contribution in [-0.4, -0.2) is 67.3 Å². The normalized spacial score (nSPS) is 15.0. The number of carboxylic acid groups (broad SMARTS) is 1. The maximum Gasteiger partial charge on any atom is 0.573 e. The summed E-state index contributed by atoms with van der Waals surface area (Å²) in [7, 11) is -4.28. The zero-order chi connectivity index (χ0) is 35.2. The van der Waals surface area contributed by atoms with Gasteiger partial charge < -0.3 is 20.3 Å². The third-order valence-electron chi connectivity index (χ3n) is 7.82. The van der Waals surface area contributed by atoms with Crippen LogP contribution in [0.25, 0.3) is 5.57 Å². The number of aliphatic carboxylic acids is 1. The number of carboxylic acids is 1. The average Bonchev–Trinajstić information content (AvgIpc) is 3.05. The first kappa shape index (κ1) is 36.0. The number of carbonyl (C=O) groups excluding carboxylic acids is 3. The molecule has 0 bridgehead atoms. The number of carbonyl (C=O) groups is 4. The third kappa shape index (κ3) is 9.38. The quantitative estimate of drug-likeness (QED) is 0.168. The number of aliphatic hydroxyl groups is 1. The number of ketones is 2. The van der Waals surface area contributed by atoms with Gasteiger partial charge in [0.15, 0.2) is 27.5 Å². The largest absolute Gasteiger partial charge is 0.573 e. The van der Waals surface area contributed by atoms with Gasteiger partial charge in [0.1, 0.15) is 10.6 Å². The van der Waals surface area contributed by atoms with E-state index in [1.54, 1.807) is 12.1 Å². The zero-order valence-electron chi connectivity index (χ0n) is 25.6. The second-order valence-corrected chi connectivity index (χ2v) is 13.3. The van der Waals surface area contributed by atoms with Crippen LogP contribution in [0.3, 0.4) is 0 Å². The molecule has 48 heavy (non-hydrogen) atoms. The molecule has 0 heterocycles. The number of allylic oxidation sites excluding steroid dienone is 2. The number of hydrogen-bond acceptors (Lipinski definition) is 8. The van der Waals surface area contributed by atoms with Crippen molar-refractivity contribution in [3.63, 3.8) is 0 Å². The third-order valence-corrected chi connectivity index (χ3v) is 8.94. The fraction of sp³-hybridized carbons (Fsp3) is 0.294. The lowest BCUT2D eigenvalue weighted by atomic mass is 9.83. The van der Waals surface area contributed by atoms with Crippen LogP contribution in [0.5, 0.6) is 5.75 Å². The Morgan fingerprint density at radius 1 is 0.896 bits per heavy atom. The summed E-state index contributed by atoms with van der Waals surface area (Å²) < 4.78 is 67.2. The van der Waals surface area contributed by atoms with E-state index in [1.165, 1.54) is 24.3 Å². The molecule has 4 rings (SSSR count). The molecule has 1 aliphatic carbocycles. The van der Waals surface area contributed by atoms with Gasteiger partial charge in [-0.2, -0.15) is 0 Å². The highest BCUT2D eigenvalue weighted by atomic mass is 32.2. The van der Waals surface area contributed by atoms with E-state index >= 15 is 0 Å². The van der Waals surface area contributed by atoms with Gasteiger partial charge in [0.2, 0.25) is 0 Å². The number of aliphatic hydroxyl groups excluding tert-OH is 1. The van der Waals surface area contributed by atoms with Gasteiger partial charge in [-0.25, -0.2) is 13.2 Å². The first-order valence-corrected chi connectivity index (χ1v) is 16.7. The maximum absolute atomic E-state index is 13.8. The van der Waals surface area contributed by atoms with Crippen LogP contribution < -0.4 is 10.1 Å². The summed E-state index contributed by atoms with van der Waals surface area (Å²) >= 11 is 0. The predicted octanol–water partition coefficient (Wildman–Crippen LogP) is 5.36. The second kappa shape index (κ2) is 14.9. The molecule has 10 nitrogen and oxygen atoms in total. The highest BCUT2D eigenvalue weighted by molar-refractivity contribution is 7.90. The highest BCUT2D eigenvalue weighted by Crippen LogP contribution is 2.34. The predicted molar refractivity (Wildman–Crippen MR) is 168 cm³/mol. The number of hydrogen-bond donors (Lipinski definition) is 3. The number of alkyl halides is 3. The van der Waals surface area contributed by atoms with Gasteiger partial charge in [-0.1, -0.05) is 55.7 Å². The van der Waals surface area contributed by atoms with E-state index in [2.05, 4.69) is 10.1 Å². The first-order valence-electron chi connectivity index (χ1n) is 14.8. The molecule has 0 aliphatic heterocycles. The van der Waals surface area contributed by atoms with E-state index in [0.29, 0.717) is 23.8 Å². The van der Waals surface area contributed by atoms with Crippen molar-refractivity contribution in [3.8, 4) is 5.75 Å². The fourth-order valence-electron chi connectivity index (χ4n) is 5.33. The summed E-state index contributed by atoms with van der Waals surface area (Å²) in [5.74, 6) is -4.41. The molecule has 1 atom stereocenters. The second-order valence-electron chi connectivity index (χ2n) is 11.3. The fourth-order valence-corrected chi connectivity index (χ4v) is 6.15. The Balaban J connectivity index is 1.70. The molecule has 254 valence electrons. The molecule has 0 unspecified atom stereocenters.